The molecule has 30 heavy (non-hydrogen) atoms. The number of esters is 2. The van der Waals surface area contributed by atoms with E-state index in [1.54, 1.807) is 13.8 Å². The zero-order valence-corrected chi connectivity index (χ0v) is 17.8. The van der Waals surface area contributed by atoms with Crippen LogP contribution in [0.1, 0.15) is 25.1 Å². The lowest BCUT2D eigenvalue weighted by Crippen LogP contribution is -2.50. The van der Waals surface area contributed by atoms with Gasteiger partial charge in [-0.2, -0.15) is 0 Å². The normalized spacial score (nSPS) is 16.0. The number of hydrogen-bond donors (Lipinski definition) is 2. The van der Waals surface area contributed by atoms with Crippen LogP contribution in [0.15, 0.2) is 40.9 Å². The van der Waals surface area contributed by atoms with Gasteiger partial charge in [0, 0.05) is 10.9 Å². The van der Waals surface area contributed by atoms with Crippen molar-refractivity contribution in [2.45, 2.75) is 33.2 Å². The summed E-state index contributed by atoms with van der Waals surface area (Å²) < 4.78 is 10.3. The molecule has 0 spiro atoms. The molecule has 2 aromatic rings. The average molecular weight is 429 g/mol. The van der Waals surface area contributed by atoms with Gasteiger partial charge in [0.15, 0.2) is 0 Å². The summed E-state index contributed by atoms with van der Waals surface area (Å²) in [7, 11) is 0. The summed E-state index contributed by atoms with van der Waals surface area (Å²) in [5.74, 6) is -1.07. The van der Waals surface area contributed by atoms with E-state index in [1.165, 1.54) is 11.3 Å². The van der Waals surface area contributed by atoms with Crippen molar-refractivity contribution in [2.24, 2.45) is 0 Å². The second kappa shape index (κ2) is 9.53. The van der Waals surface area contributed by atoms with Crippen LogP contribution < -0.4 is 10.6 Å². The van der Waals surface area contributed by atoms with Crippen LogP contribution in [0.3, 0.4) is 0 Å². The molecule has 8 nitrogen and oxygen atoms in total. The lowest BCUT2D eigenvalue weighted by molar-refractivity contribution is -0.143. The summed E-state index contributed by atoms with van der Waals surface area (Å²) in [5.41, 5.74) is 3.18. The van der Waals surface area contributed by atoms with Crippen molar-refractivity contribution in [1.82, 2.24) is 15.6 Å². The van der Waals surface area contributed by atoms with E-state index in [0.29, 0.717) is 5.69 Å². The minimum absolute atomic E-state index is 0.00785. The van der Waals surface area contributed by atoms with E-state index in [0.717, 1.165) is 16.1 Å². The lowest BCUT2D eigenvalue weighted by Gasteiger charge is -2.26. The number of aryl methyl sites for hydroxylation is 1. The number of nitrogens with one attached hydrogen (secondary N) is 2. The summed E-state index contributed by atoms with van der Waals surface area (Å²) in [4.78, 5) is 40.7. The molecular weight excluding hydrogens is 406 g/mol. The summed E-state index contributed by atoms with van der Waals surface area (Å²) in [6, 6.07) is 6.95. The first-order valence-corrected chi connectivity index (χ1v) is 10.4. The van der Waals surface area contributed by atoms with Crippen molar-refractivity contribution in [3.63, 3.8) is 0 Å². The largest absolute Gasteiger partial charge is 0.463 e. The van der Waals surface area contributed by atoms with Crippen molar-refractivity contribution < 1.29 is 23.9 Å². The van der Waals surface area contributed by atoms with Gasteiger partial charge in [-0.15, -0.1) is 11.3 Å². The molecule has 1 aromatic heterocycles. The lowest BCUT2D eigenvalue weighted by atomic mass is 10.0. The molecule has 1 aliphatic rings. The molecule has 3 rings (SSSR count). The highest BCUT2D eigenvalue weighted by Gasteiger charge is 2.30. The molecule has 2 N–H and O–H groups in total. The van der Waals surface area contributed by atoms with Crippen LogP contribution in [0.2, 0.25) is 0 Å². The number of amides is 2. The second-order valence-corrected chi connectivity index (χ2v) is 7.64. The Kier molecular flexibility index (Phi) is 6.83. The number of aromatic nitrogens is 1. The number of rotatable bonds is 7. The molecule has 1 aromatic carbocycles. The highest BCUT2D eigenvalue weighted by Crippen LogP contribution is 2.24. The summed E-state index contributed by atoms with van der Waals surface area (Å²) in [6.07, 6.45) is -0.00785. The third kappa shape index (κ3) is 5.24. The Morgan fingerprint density at radius 2 is 2.07 bits per heavy atom. The molecule has 0 saturated heterocycles. The molecule has 158 valence electrons. The van der Waals surface area contributed by atoms with Crippen LogP contribution in [0.5, 0.6) is 0 Å². The third-order valence-corrected chi connectivity index (χ3v) is 5.33. The molecule has 2 heterocycles. The van der Waals surface area contributed by atoms with Crippen LogP contribution in [-0.4, -0.2) is 42.2 Å². The minimum atomic E-state index is -0.564. The topological polar surface area (TPSA) is 107 Å². The first-order chi connectivity index (χ1) is 14.4. The Labute approximate surface area is 178 Å². The van der Waals surface area contributed by atoms with Crippen LogP contribution in [0, 0.1) is 6.92 Å². The molecule has 2 amide bonds. The maximum atomic E-state index is 12.3. The highest BCUT2D eigenvalue weighted by atomic mass is 32.1. The van der Waals surface area contributed by atoms with Gasteiger partial charge in [0.25, 0.3) is 0 Å². The molecule has 1 aliphatic heterocycles. The SMILES string of the molecule is CCOC(=O)C1=C(COC(=O)Cc2csc(-c3cccc(C)c3)n2)NC(=O)N[C@H]1C. The van der Waals surface area contributed by atoms with E-state index < -0.39 is 24.0 Å². The maximum absolute atomic E-state index is 12.3. The van der Waals surface area contributed by atoms with E-state index in [-0.39, 0.29) is 30.9 Å². The zero-order valence-electron chi connectivity index (χ0n) is 17.0. The number of carbonyl (C=O) groups excluding carboxylic acids is 3. The number of carbonyl (C=O) groups is 3. The van der Waals surface area contributed by atoms with Crippen molar-refractivity contribution in [1.29, 1.82) is 0 Å². The predicted octanol–water partition coefficient (Wildman–Crippen LogP) is 2.72. The Bertz CT molecular complexity index is 998. The molecule has 1 atom stereocenters. The minimum Gasteiger partial charge on any atom is -0.463 e. The smallest absolute Gasteiger partial charge is 0.338 e. The van der Waals surface area contributed by atoms with Crippen LogP contribution >= 0.6 is 11.3 Å². The van der Waals surface area contributed by atoms with E-state index in [1.807, 2.05) is 36.6 Å². The predicted molar refractivity (Wildman–Crippen MR) is 112 cm³/mol. The van der Waals surface area contributed by atoms with Gasteiger partial charge in [-0.1, -0.05) is 23.8 Å². The van der Waals surface area contributed by atoms with E-state index >= 15 is 0 Å². The quantitative estimate of drug-likeness (QED) is 0.656. The first kappa shape index (κ1) is 21.5. The van der Waals surface area contributed by atoms with Gasteiger partial charge in [-0.3, -0.25) is 4.79 Å². The van der Waals surface area contributed by atoms with Gasteiger partial charge in [0.1, 0.15) is 11.6 Å². The molecule has 0 aliphatic carbocycles. The van der Waals surface area contributed by atoms with Crippen LogP contribution in [0.4, 0.5) is 4.79 Å². The molecule has 9 heteroatoms. The average Bonchev–Trinajstić information content (AvgIpc) is 3.14. The monoisotopic (exact) mass is 429 g/mol. The van der Waals surface area contributed by atoms with Gasteiger partial charge in [0.05, 0.1) is 36.0 Å². The van der Waals surface area contributed by atoms with Gasteiger partial charge < -0.3 is 20.1 Å². The number of ether oxygens (including phenoxy) is 2. The molecule has 0 saturated carbocycles. The fourth-order valence-electron chi connectivity index (χ4n) is 3.04. The fourth-order valence-corrected chi connectivity index (χ4v) is 3.86. The number of thiazole rings is 1. The standard InChI is InChI=1S/C21H23N3O5S/c1-4-28-20(26)18-13(3)22-21(27)24-16(18)10-29-17(25)9-15-11-30-19(23-15)14-7-5-6-12(2)8-14/h5-8,11,13H,4,9-10H2,1-3H3,(H2,22,24,27)/t13-/m0/s1. The summed E-state index contributed by atoms with van der Waals surface area (Å²) in [6.45, 7) is 5.32. The molecule has 0 fully saturated rings. The van der Waals surface area contributed by atoms with Crippen molar-refractivity contribution in [2.75, 3.05) is 13.2 Å². The van der Waals surface area contributed by atoms with Crippen LogP contribution in [0.25, 0.3) is 10.6 Å². The van der Waals surface area contributed by atoms with E-state index in [9.17, 15) is 14.4 Å². The van der Waals surface area contributed by atoms with E-state index in [4.69, 9.17) is 9.47 Å². The third-order valence-electron chi connectivity index (χ3n) is 4.39. The Balaban J connectivity index is 1.65. The number of urea groups is 1. The Morgan fingerprint density at radius 1 is 1.27 bits per heavy atom. The van der Waals surface area contributed by atoms with Gasteiger partial charge in [0.2, 0.25) is 0 Å². The zero-order chi connectivity index (χ0) is 21.7. The highest BCUT2D eigenvalue weighted by molar-refractivity contribution is 7.13. The van der Waals surface area contributed by atoms with E-state index in [2.05, 4.69) is 15.6 Å². The van der Waals surface area contributed by atoms with Crippen molar-refractivity contribution in [3.8, 4) is 10.6 Å². The number of benzene rings is 1. The maximum Gasteiger partial charge on any atom is 0.338 e. The Morgan fingerprint density at radius 3 is 2.80 bits per heavy atom. The number of nitrogens with zero attached hydrogens (tertiary/aromatic N) is 1. The number of hydrogen-bond acceptors (Lipinski definition) is 7. The van der Waals surface area contributed by atoms with Crippen LogP contribution in [-0.2, 0) is 25.5 Å². The summed E-state index contributed by atoms with van der Waals surface area (Å²) >= 11 is 1.46. The van der Waals surface area contributed by atoms with Gasteiger partial charge in [-0.05, 0) is 26.8 Å². The fraction of sp³-hybridized carbons (Fsp3) is 0.333. The first-order valence-electron chi connectivity index (χ1n) is 9.52. The molecular formula is C21H23N3O5S. The Hall–Kier alpha value is -3.20. The molecule has 0 unspecified atom stereocenters. The molecule has 0 radical (unpaired) electrons. The van der Waals surface area contributed by atoms with Crippen molar-refractivity contribution in [3.05, 3.63) is 52.2 Å². The van der Waals surface area contributed by atoms with Gasteiger partial charge >= 0.3 is 18.0 Å². The second-order valence-electron chi connectivity index (χ2n) is 6.78. The molecule has 0 bridgehead atoms. The van der Waals surface area contributed by atoms with Gasteiger partial charge in [-0.25, -0.2) is 14.6 Å². The van der Waals surface area contributed by atoms with Crippen molar-refractivity contribution >= 4 is 29.3 Å². The summed E-state index contributed by atoms with van der Waals surface area (Å²) in [5, 5.41) is 7.76.